The lowest BCUT2D eigenvalue weighted by atomic mass is 9.99. The fourth-order valence-electron chi connectivity index (χ4n) is 2.18. The topological polar surface area (TPSA) is 42.4 Å². The minimum atomic E-state index is 0.0398. The standard InChI is InChI=1S/C12H18N2O2S/c1-9(15)11-8-17-12(13-11)14-5-3-4-10(6-14)7-16-2/h8,10H,3-7H2,1-2H3. The monoisotopic (exact) mass is 254 g/mol. The second kappa shape index (κ2) is 5.60. The van der Waals surface area contributed by atoms with Crippen LogP contribution in [0.4, 0.5) is 5.13 Å². The van der Waals surface area contributed by atoms with E-state index >= 15 is 0 Å². The minimum Gasteiger partial charge on any atom is -0.384 e. The number of thiazole rings is 1. The Bertz CT molecular complexity index is 390. The number of carbonyl (C=O) groups excluding carboxylic acids is 1. The van der Waals surface area contributed by atoms with Crippen LogP contribution in [-0.4, -0.2) is 37.6 Å². The summed E-state index contributed by atoms with van der Waals surface area (Å²) in [5, 5.41) is 2.81. The van der Waals surface area contributed by atoms with Crippen molar-refractivity contribution in [1.82, 2.24) is 4.98 Å². The zero-order chi connectivity index (χ0) is 12.3. The van der Waals surface area contributed by atoms with E-state index in [1.54, 1.807) is 25.4 Å². The summed E-state index contributed by atoms with van der Waals surface area (Å²) in [4.78, 5) is 17.9. The lowest BCUT2D eigenvalue weighted by Crippen LogP contribution is -2.37. The Morgan fingerprint density at radius 3 is 3.18 bits per heavy atom. The van der Waals surface area contributed by atoms with Crippen molar-refractivity contribution in [2.75, 3.05) is 31.7 Å². The maximum atomic E-state index is 11.2. The van der Waals surface area contributed by atoms with Gasteiger partial charge in [-0.1, -0.05) is 0 Å². The van der Waals surface area contributed by atoms with Gasteiger partial charge in [-0.05, 0) is 18.8 Å². The third-order valence-corrected chi connectivity index (χ3v) is 3.95. The number of rotatable bonds is 4. The molecule has 4 nitrogen and oxygen atoms in total. The molecule has 1 aliphatic heterocycles. The fraction of sp³-hybridized carbons (Fsp3) is 0.667. The van der Waals surface area contributed by atoms with E-state index in [1.165, 1.54) is 12.8 Å². The molecular weight excluding hydrogens is 236 g/mol. The van der Waals surface area contributed by atoms with E-state index in [2.05, 4.69) is 9.88 Å². The highest BCUT2D eigenvalue weighted by atomic mass is 32.1. The minimum absolute atomic E-state index is 0.0398. The van der Waals surface area contributed by atoms with Crippen molar-refractivity contribution in [1.29, 1.82) is 0 Å². The summed E-state index contributed by atoms with van der Waals surface area (Å²) in [6.45, 7) is 4.38. The highest BCUT2D eigenvalue weighted by molar-refractivity contribution is 7.13. The number of aromatic nitrogens is 1. The molecule has 5 heteroatoms. The Labute approximate surface area is 106 Å². The van der Waals surface area contributed by atoms with Gasteiger partial charge >= 0.3 is 0 Å². The lowest BCUT2D eigenvalue weighted by molar-refractivity contribution is 0.101. The summed E-state index contributed by atoms with van der Waals surface area (Å²) >= 11 is 1.56. The number of carbonyl (C=O) groups is 1. The van der Waals surface area contributed by atoms with E-state index in [-0.39, 0.29) is 5.78 Å². The predicted molar refractivity (Wildman–Crippen MR) is 68.9 cm³/mol. The Kier molecular flexibility index (Phi) is 4.12. The number of nitrogens with zero attached hydrogens (tertiary/aromatic N) is 2. The van der Waals surface area contributed by atoms with Crippen LogP contribution in [-0.2, 0) is 4.74 Å². The maximum absolute atomic E-state index is 11.2. The first-order valence-electron chi connectivity index (χ1n) is 5.91. The highest BCUT2D eigenvalue weighted by Crippen LogP contribution is 2.26. The van der Waals surface area contributed by atoms with Gasteiger partial charge in [0.05, 0.1) is 6.61 Å². The molecule has 1 saturated heterocycles. The highest BCUT2D eigenvalue weighted by Gasteiger charge is 2.22. The molecule has 17 heavy (non-hydrogen) atoms. The molecule has 0 spiro atoms. The van der Waals surface area contributed by atoms with Gasteiger partial charge in [0, 0.05) is 32.5 Å². The van der Waals surface area contributed by atoms with Crippen molar-refractivity contribution in [2.45, 2.75) is 19.8 Å². The van der Waals surface area contributed by atoms with Crippen LogP contribution in [0, 0.1) is 5.92 Å². The Hall–Kier alpha value is -0.940. The molecule has 2 rings (SSSR count). The van der Waals surface area contributed by atoms with Gasteiger partial charge in [-0.3, -0.25) is 4.79 Å². The van der Waals surface area contributed by atoms with Crippen LogP contribution in [0.2, 0.25) is 0 Å². The molecule has 1 fully saturated rings. The van der Waals surface area contributed by atoms with Gasteiger partial charge in [-0.25, -0.2) is 4.98 Å². The number of anilines is 1. The second-order valence-corrected chi connectivity index (χ2v) is 5.32. The lowest BCUT2D eigenvalue weighted by Gasteiger charge is -2.32. The molecule has 2 heterocycles. The molecule has 0 saturated carbocycles. The number of ketones is 1. The largest absolute Gasteiger partial charge is 0.384 e. The second-order valence-electron chi connectivity index (χ2n) is 4.48. The van der Waals surface area contributed by atoms with E-state index in [1.807, 2.05) is 5.38 Å². The molecule has 1 aromatic heterocycles. The molecule has 1 unspecified atom stereocenters. The van der Waals surface area contributed by atoms with E-state index in [0.717, 1.165) is 24.8 Å². The van der Waals surface area contributed by atoms with Gasteiger partial charge < -0.3 is 9.64 Å². The van der Waals surface area contributed by atoms with Crippen molar-refractivity contribution in [3.05, 3.63) is 11.1 Å². The van der Waals surface area contributed by atoms with Gasteiger partial charge in [-0.2, -0.15) is 0 Å². The molecule has 94 valence electrons. The summed E-state index contributed by atoms with van der Waals surface area (Å²) in [6, 6.07) is 0. The SMILES string of the molecule is COCC1CCCN(c2nc(C(C)=O)cs2)C1. The molecule has 0 radical (unpaired) electrons. The van der Waals surface area contributed by atoms with Gasteiger partial charge in [0.1, 0.15) is 5.69 Å². The normalized spacial score (nSPS) is 20.6. The van der Waals surface area contributed by atoms with E-state index in [0.29, 0.717) is 11.6 Å². The Balaban J connectivity index is 2.02. The van der Waals surface area contributed by atoms with Crippen LogP contribution in [0.15, 0.2) is 5.38 Å². The third kappa shape index (κ3) is 3.04. The zero-order valence-electron chi connectivity index (χ0n) is 10.3. The predicted octanol–water partition coefficient (Wildman–Crippen LogP) is 2.21. The number of hydrogen-bond acceptors (Lipinski definition) is 5. The van der Waals surface area contributed by atoms with Crippen molar-refractivity contribution in [3.63, 3.8) is 0 Å². The van der Waals surface area contributed by atoms with Crippen LogP contribution in [0.25, 0.3) is 0 Å². The zero-order valence-corrected chi connectivity index (χ0v) is 11.1. The van der Waals surface area contributed by atoms with Crippen LogP contribution < -0.4 is 4.90 Å². The molecule has 0 N–H and O–H groups in total. The molecule has 0 bridgehead atoms. The van der Waals surface area contributed by atoms with Crippen molar-refractivity contribution in [3.8, 4) is 0 Å². The summed E-state index contributed by atoms with van der Waals surface area (Å²) < 4.78 is 5.21. The van der Waals surface area contributed by atoms with Crippen LogP contribution in [0.3, 0.4) is 0 Å². The number of hydrogen-bond donors (Lipinski definition) is 0. The maximum Gasteiger partial charge on any atom is 0.185 e. The molecule has 1 aliphatic rings. The third-order valence-electron chi connectivity index (χ3n) is 3.04. The molecule has 1 aromatic rings. The van der Waals surface area contributed by atoms with E-state index in [4.69, 9.17) is 4.74 Å². The van der Waals surface area contributed by atoms with E-state index in [9.17, 15) is 4.79 Å². The quantitative estimate of drug-likeness (QED) is 0.773. The van der Waals surface area contributed by atoms with Gasteiger partial charge in [-0.15, -0.1) is 11.3 Å². The van der Waals surface area contributed by atoms with Crippen molar-refractivity contribution >= 4 is 22.3 Å². The first kappa shape index (κ1) is 12.5. The first-order valence-corrected chi connectivity index (χ1v) is 6.79. The van der Waals surface area contributed by atoms with Crippen molar-refractivity contribution < 1.29 is 9.53 Å². The van der Waals surface area contributed by atoms with Gasteiger partial charge in [0.15, 0.2) is 10.9 Å². The van der Waals surface area contributed by atoms with Crippen LogP contribution in [0.5, 0.6) is 0 Å². The number of piperidine rings is 1. The summed E-state index contributed by atoms with van der Waals surface area (Å²) in [5.41, 5.74) is 0.582. The smallest absolute Gasteiger partial charge is 0.185 e. The Morgan fingerprint density at radius 2 is 2.53 bits per heavy atom. The summed E-state index contributed by atoms with van der Waals surface area (Å²) in [7, 11) is 1.75. The summed E-state index contributed by atoms with van der Waals surface area (Å²) in [5.74, 6) is 0.622. The molecule has 0 aromatic carbocycles. The molecule has 1 atom stereocenters. The number of methoxy groups -OCH3 is 1. The van der Waals surface area contributed by atoms with Crippen LogP contribution >= 0.6 is 11.3 Å². The fourth-order valence-corrected chi connectivity index (χ4v) is 3.08. The first-order chi connectivity index (χ1) is 8.20. The number of Topliss-reactive ketones (excluding diaryl/α,β-unsaturated/α-hetero) is 1. The van der Waals surface area contributed by atoms with Gasteiger partial charge in [0.2, 0.25) is 0 Å². The van der Waals surface area contributed by atoms with Crippen LogP contribution in [0.1, 0.15) is 30.3 Å². The average Bonchev–Trinajstić information content (AvgIpc) is 2.79. The van der Waals surface area contributed by atoms with Crippen molar-refractivity contribution in [2.24, 2.45) is 5.92 Å². The molecular formula is C12H18N2O2S. The Morgan fingerprint density at radius 1 is 1.71 bits per heavy atom. The molecule has 0 aliphatic carbocycles. The summed E-state index contributed by atoms with van der Waals surface area (Å²) in [6.07, 6.45) is 2.39. The average molecular weight is 254 g/mol. The molecule has 0 amide bonds. The number of ether oxygens (including phenoxy) is 1. The van der Waals surface area contributed by atoms with E-state index < -0.39 is 0 Å². The van der Waals surface area contributed by atoms with Gasteiger partial charge in [0.25, 0.3) is 0 Å².